The SMILES string of the molecule is CC[C@]12CCC3C4CCC(=O)C=C4C4(CC4)CC3C1C1CC1C21CCC(=O)O1. The molecular weight excluding hydrogens is 348 g/mol. The molecule has 5 saturated carbocycles. The molecule has 0 radical (unpaired) electrons. The third-order valence-electron chi connectivity index (χ3n) is 11.0. The Morgan fingerprint density at radius 1 is 1.04 bits per heavy atom. The van der Waals surface area contributed by atoms with Gasteiger partial charge in [-0.3, -0.25) is 9.59 Å². The van der Waals surface area contributed by atoms with E-state index in [1.165, 1.54) is 44.9 Å². The Morgan fingerprint density at radius 3 is 2.61 bits per heavy atom. The maximum absolute atomic E-state index is 12.3. The average Bonchev–Trinajstić information content (AvgIpc) is 3.60. The van der Waals surface area contributed by atoms with E-state index < -0.39 is 0 Å². The zero-order valence-electron chi connectivity index (χ0n) is 17.0. The number of carbonyl (C=O) groups excluding carboxylic acids is 2. The average molecular weight is 381 g/mol. The molecule has 0 aromatic heterocycles. The van der Waals surface area contributed by atoms with Gasteiger partial charge in [0.1, 0.15) is 5.60 Å². The van der Waals surface area contributed by atoms with E-state index in [0.717, 1.165) is 42.9 Å². The Hall–Kier alpha value is -1.12. The van der Waals surface area contributed by atoms with Crippen molar-refractivity contribution in [1.29, 1.82) is 0 Å². The fourth-order valence-electron chi connectivity index (χ4n) is 9.92. The van der Waals surface area contributed by atoms with Gasteiger partial charge in [0.2, 0.25) is 0 Å². The van der Waals surface area contributed by atoms with Crippen molar-refractivity contribution >= 4 is 11.8 Å². The van der Waals surface area contributed by atoms with Crippen LogP contribution < -0.4 is 0 Å². The zero-order chi connectivity index (χ0) is 18.9. The Kier molecular flexibility index (Phi) is 2.94. The molecule has 3 heteroatoms. The summed E-state index contributed by atoms with van der Waals surface area (Å²) in [4.78, 5) is 24.5. The molecule has 0 amide bonds. The summed E-state index contributed by atoms with van der Waals surface area (Å²) >= 11 is 0. The molecule has 7 aliphatic rings. The van der Waals surface area contributed by atoms with Gasteiger partial charge in [0.05, 0.1) is 0 Å². The van der Waals surface area contributed by atoms with E-state index >= 15 is 0 Å². The van der Waals surface area contributed by atoms with Crippen LogP contribution >= 0.6 is 0 Å². The van der Waals surface area contributed by atoms with Crippen LogP contribution in [-0.4, -0.2) is 17.4 Å². The largest absolute Gasteiger partial charge is 0.458 e. The van der Waals surface area contributed by atoms with Gasteiger partial charge < -0.3 is 4.74 Å². The minimum atomic E-state index is -0.117. The minimum Gasteiger partial charge on any atom is -0.458 e. The maximum Gasteiger partial charge on any atom is 0.306 e. The molecule has 6 aliphatic carbocycles. The molecule has 0 N–H and O–H groups in total. The molecule has 8 atom stereocenters. The second kappa shape index (κ2) is 4.95. The molecule has 1 saturated heterocycles. The monoisotopic (exact) mass is 380 g/mol. The van der Waals surface area contributed by atoms with Crippen LogP contribution in [0.3, 0.4) is 0 Å². The van der Waals surface area contributed by atoms with Crippen molar-refractivity contribution in [1.82, 2.24) is 0 Å². The summed E-state index contributed by atoms with van der Waals surface area (Å²) < 4.78 is 6.30. The maximum atomic E-state index is 12.3. The molecular formula is C25H32O3. The molecule has 0 aromatic rings. The first-order chi connectivity index (χ1) is 13.5. The lowest BCUT2D eigenvalue weighted by molar-refractivity contribution is -0.180. The number of allylic oxidation sites excluding steroid dienone is 1. The first-order valence-electron chi connectivity index (χ1n) is 12.0. The van der Waals surface area contributed by atoms with Gasteiger partial charge in [-0.1, -0.05) is 12.5 Å². The molecule has 28 heavy (non-hydrogen) atoms. The van der Waals surface area contributed by atoms with Gasteiger partial charge in [-0.25, -0.2) is 0 Å². The summed E-state index contributed by atoms with van der Waals surface area (Å²) in [6, 6.07) is 0. The highest BCUT2D eigenvalue weighted by atomic mass is 16.6. The molecule has 0 aromatic carbocycles. The third-order valence-corrected chi connectivity index (χ3v) is 11.0. The molecule has 1 aliphatic heterocycles. The normalized spacial score (nSPS) is 54.5. The van der Waals surface area contributed by atoms with Crippen molar-refractivity contribution in [2.45, 2.75) is 83.2 Å². The Bertz CT molecular complexity index is 822. The van der Waals surface area contributed by atoms with Crippen LogP contribution in [0.1, 0.15) is 77.6 Å². The topological polar surface area (TPSA) is 43.4 Å². The number of fused-ring (bicyclic) bond motifs is 10. The number of esters is 1. The number of hydrogen-bond acceptors (Lipinski definition) is 3. The number of hydrogen-bond donors (Lipinski definition) is 0. The van der Waals surface area contributed by atoms with Gasteiger partial charge in [0.15, 0.2) is 5.78 Å². The highest BCUT2D eigenvalue weighted by molar-refractivity contribution is 5.91. The molecule has 6 fully saturated rings. The van der Waals surface area contributed by atoms with Crippen molar-refractivity contribution < 1.29 is 14.3 Å². The minimum absolute atomic E-state index is 0.0690. The lowest BCUT2D eigenvalue weighted by Gasteiger charge is -2.59. The van der Waals surface area contributed by atoms with Gasteiger partial charge in [-0.05, 0) is 98.9 Å². The summed E-state index contributed by atoms with van der Waals surface area (Å²) in [7, 11) is 0. The number of rotatable bonds is 1. The van der Waals surface area contributed by atoms with Gasteiger partial charge in [-0.15, -0.1) is 0 Å². The fourth-order valence-corrected chi connectivity index (χ4v) is 9.92. The van der Waals surface area contributed by atoms with Crippen molar-refractivity contribution in [2.75, 3.05) is 0 Å². The van der Waals surface area contributed by atoms with E-state index in [9.17, 15) is 9.59 Å². The van der Waals surface area contributed by atoms with Crippen LogP contribution in [0.25, 0.3) is 0 Å². The van der Waals surface area contributed by atoms with Crippen LogP contribution in [0.5, 0.6) is 0 Å². The molecule has 150 valence electrons. The molecule has 1 heterocycles. The third kappa shape index (κ3) is 1.72. The summed E-state index contributed by atoms with van der Waals surface area (Å²) in [5.41, 5.74) is 2.08. The predicted molar refractivity (Wildman–Crippen MR) is 104 cm³/mol. The summed E-state index contributed by atoms with van der Waals surface area (Å²) in [6.45, 7) is 2.38. The lowest BCUT2D eigenvalue weighted by Crippen LogP contribution is -2.57. The number of ether oxygens (including phenoxy) is 1. The van der Waals surface area contributed by atoms with Crippen LogP contribution in [0.15, 0.2) is 11.6 Å². The summed E-state index contributed by atoms with van der Waals surface area (Å²) in [5, 5.41) is 0. The molecule has 0 bridgehead atoms. The van der Waals surface area contributed by atoms with Crippen LogP contribution in [0.4, 0.5) is 0 Å². The molecule has 3 nitrogen and oxygen atoms in total. The van der Waals surface area contributed by atoms with E-state index in [4.69, 9.17) is 4.74 Å². The molecule has 2 spiro atoms. The summed E-state index contributed by atoms with van der Waals surface area (Å²) in [5.74, 6) is 4.95. The quantitative estimate of drug-likeness (QED) is 0.611. The lowest BCUT2D eigenvalue weighted by atomic mass is 9.46. The number of ketones is 1. The second-order valence-electron chi connectivity index (χ2n) is 11.5. The van der Waals surface area contributed by atoms with E-state index in [2.05, 4.69) is 13.0 Å². The van der Waals surface area contributed by atoms with Crippen LogP contribution in [0, 0.1) is 46.3 Å². The standard InChI is InChI=1S/C25H32O3/c1-2-24-7-5-15-16-4-3-14(26)11-19(16)23(9-10-23)13-18(15)22(24)17-12-20(17)25(24)8-6-21(27)28-25/h11,15-18,20,22H,2-10,12-13H2,1H3/t15?,16?,17?,18?,20?,22?,24-,25?/m0/s1. The molecule has 7 rings (SSSR count). The Labute approximate surface area is 167 Å². The van der Waals surface area contributed by atoms with Gasteiger partial charge >= 0.3 is 5.97 Å². The van der Waals surface area contributed by atoms with E-state index in [1.54, 1.807) is 5.57 Å². The smallest absolute Gasteiger partial charge is 0.306 e. The van der Waals surface area contributed by atoms with E-state index in [0.29, 0.717) is 29.5 Å². The van der Waals surface area contributed by atoms with Crippen molar-refractivity contribution in [3.8, 4) is 0 Å². The van der Waals surface area contributed by atoms with Crippen molar-refractivity contribution in [3.05, 3.63) is 11.6 Å². The molecule has 7 unspecified atom stereocenters. The van der Waals surface area contributed by atoms with Crippen LogP contribution in [0.2, 0.25) is 0 Å². The first-order valence-corrected chi connectivity index (χ1v) is 12.0. The fraction of sp³-hybridized carbons (Fsp3) is 0.840. The highest BCUT2D eigenvalue weighted by Crippen LogP contribution is 2.81. The highest BCUT2D eigenvalue weighted by Gasteiger charge is 2.80. The van der Waals surface area contributed by atoms with Crippen molar-refractivity contribution in [2.24, 2.45) is 46.3 Å². The Balaban J connectivity index is 1.32. The Morgan fingerprint density at radius 2 is 1.89 bits per heavy atom. The van der Waals surface area contributed by atoms with Crippen LogP contribution in [-0.2, 0) is 14.3 Å². The summed E-state index contributed by atoms with van der Waals surface area (Å²) in [6.07, 6.45) is 14.6. The van der Waals surface area contributed by atoms with Gasteiger partial charge in [0.25, 0.3) is 0 Å². The van der Waals surface area contributed by atoms with Crippen molar-refractivity contribution in [3.63, 3.8) is 0 Å². The van der Waals surface area contributed by atoms with Gasteiger partial charge in [0, 0.05) is 24.2 Å². The van der Waals surface area contributed by atoms with E-state index in [1.807, 2.05) is 0 Å². The zero-order valence-corrected chi connectivity index (χ0v) is 17.0. The number of carbonyl (C=O) groups is 2. The van der Waals surface area contributed by atoms with E-state index in [-0.39, 0.29) is 17.0 Å². The first kappa shape index (κ1) is 16.7. The predicted octanol–water partition coefficient (Wildman–Crippen LogP) is 4.84. The van der Waals surface area contributed by atoms with Gasteiger partial charge in [-0.2, -0.15) is 0 Å². The second-order valence-corrected chi connectivity index (χ2v) is 11.5.